The monoisotopic (exact) mass is 515 g/mol. The number of phosphoric ester groups is 2. The molecule has 0 aliphatic carbocycles. The number of amides is 1. The van der Waals surface area contributed by atoms with E-state index in [9.17, 15) is 23.7 Å². The molecule has 3 aromatic rings. The first kappa shape index (κ1) is 24.5. The normalized spacial score (nSPS) is 21.1. The average molecular weight is 515 g/mol. The second-order valence-electron chi connectivity index (χ2n) is 7.15. The van der Waals surface area contributed by atoms with E-state index in [1.165, 1.54) is 17.2 Å². The molecule has 3 unspecified atom stereocenters. The summed E-state index contributed by atoms with van der Waals surface area (Å²) in [5.41, 5.74) is 0.853. The molecule has 1 aliphatic heterocycles. The molecule has 15 nitrogen and oxygen atoms in total. The third kappa shape index (κ3) is 5.91. The summed E-state index contributed by atoms with van der Waals surface area (Å²) in [6.45, 7) is -0.689. The van der Waals surface area contributed by atoms with Crippen LogP contribution in [0.3, 0.4) is 0 Å². The third-order valence-corrected chi connectivity index (χ3v) is 5.83. The number of fused-ring (bicyclic) bond motifs is 1. The molecule has 1 aromatic carbocycles. The lowest BCUT2D eigenvalue weighted by molar-refractivity contribution is -0.0417. The van der Waals surface area contributed by atoms with Crippen molar-refractivity contribution in [3.05, 3.63) is 48.5 Å². The molecule has 0 saturated carbocycles. The van der Waals surface area contributed by atoms with Gasteiger partial charge in [0.05, 0.1) is 12.9 Å². The molecule has 1 amide bonds. The second-order valence-corrected chi connectivity index (χ2v) is 9.58. The number of benzene rings is 1. The van der Waals surface area contributed by atoms with Crippen LogP contribution >= 0.6 is 15.6 Å². The second kappa shape index (κ2) is 9.58. The van der Waals surface area contributed by atoms with Gasteiger partial charge in [0.2, 0.25) is 0 Å². The number of carbonyl (C=O) groups is 1. The third-order valence-electron chi connectivity index (χ3n) is 4.80. The Bertz CT molecular complexity index is 1280. The van der Waals surface area contributed by atoms with Crippen molar-refractivity contribution in [3.63, 3.8) is 0 Å². The Morgan fingerprint density at radius 2 is 1.85 bits per heavy atom. The number of nitrogens with zero attached hydrogens (tertiary/aromatic N) is 4. The Morgan fingerprint density at radius 1 is 1.12 bits per heavy atom. The van der Waals surface area contributed by atoms with Gasteiger partial charge in [0.25, 0.3) is 5.91 Å². The maximum absolute atomic E-state index is 12.5. The lowest BCUT2D eigenvalue weighted by Crippen LogP contribution is -2.28. The highest BCUT2D eigenvalue weighted by Crippen LogP contribution is 2.45. The minimum atomic E-state index is -4.95. The summed E-state index contributed by atoms with van der Waals surface area (Å²) in [4.78, 5) is 61.2. The minimum Gasteiger partial charge on any atom is -0.349 e. The predicted molar refractivity (Wildman–Crippen MR) is 113 cm³/mol. The van der Waals surface area contributed by atoms with E-state index >= 15 is 0 Å². The van der Waals surface area contributed by atoms with E-state index in [4.69, 9.17) is 19.0 Å². The van der Waals surface area contributed by atoms with E-state index in [1.807, 2.05) is 0 Å². The minimum absolute atomic E-state index is 0.124. The molecule has 1 saturated heterocycles. The van der Waals surface area contributed by atoms with Crippen molar-refractivity contribution in [2.45, 2.75) is 24.9 Å². The van der Waals surface area contributed by atoms with Crippen LogP contribution in [0.25, 0.3) is 11.2 Å². The molecule has 2 aromatic heterocycles. The number of hydrogen-bond acceptors (Lipinski definition) is 9. The number of anilines is 1. The molecular weight excluding hydrogens is 496 g/mol. The first-order valence-electron chi connectivity index (χ1n) is 9.63. The zero-order valence-corrected chi connectivity index (χ0v) is 18.9. The molecular formula is C17H19N5O10P2. The van der Waals surface area contributed by atoms with Gasteiger partial charge in [-0.3, -0.25) is 18.4 Å². The number of aromatic nitrogens is 4. The van der Waals surface area contributed by atoms with E-state index < -0.39 is 46.6 Å². The number of hydrogen-bond donors (Lipinski definition) is 5. The van der Waals surface area contributed by atoms with Crippen molar-refractivity contribution in [1.82, 2.24) is 19.5 Å². The summed E-state index contributed by atoms with van der Waals surface area (Å²) in [5, 5.41) is 2.65. The molecule has 0 spiro atoms. The van der Waals surface area contributed by atoms with Gasteiger partial charge in [-0.05, 0) is 12.1 Å². The Labute approximate surface area is 191 Å². The van der Waals surface area contributed by atoms with Crippen LogP contribution in [-0.2, 0) is 22.9 Å². The molecule has 1 fully saturated rings. The molecule has 3 heterocycles. The van der Waals surface area contributed by atoms with Crippen LogP contribution in [0.2, 0.25) is 0 Å². The molecule has 17 heteroatoms. The Hall–Kier alpha value is -2.58. The van der Waals surface area contributed by atoms with Gasteiger partial charge >= 0.3 is 15.6 Å². The molecule has 0 radical (unpaired) electrons. The molecule has 34 heavy (non-hydrogen) atoms. The van der Waals surface area contributed by atoms with E-state index in [2.05, 4.69) is 24.8 Å². The summed E-state index contributed by atoms with van der Waals surface area (Å²) >= 11 is 0. The van der Waals surface area contributed by atoms with Crippen LogP contribution in [0.5, 0.6) is 0 Å². The summed E-state index contributed by atoms with van der Waals surface area (Å²) < 4.78 is 38.7. The maximum atomic E-state index is 12.5. The standard InChI is InChI=1S/C17H19N5O10P2/c23-17(10-4-2-1-3-5-10)21-15-14-16(19-8-18-15)22(9-20-14)13-6-11(32-34(27,28)29)12(31-13)7-30-33(24,25)26/h1-5,8-9,11-13H,6-7H2,(H2,24,25,26)(H2,27,28,29)(H,18,19,21,23). The van der Waals surface area contributed by atoms with Crippen molar-refractivity contribution < 1.29 is 47.3 Å². The van der Waals surface area contributed by atoms with Gasteiger partial charge in [-0.25, -0.2) is 24.1 Å². The fraction of sp³-hybridized carbons (Fsp3) is 0.294. The first-order chi connectivity index (χ1) is 16.0. The van der Waals surface area contributed by atoms with Crippen LogP contribution in [0.4, 0.5) is 5.82 Å². The zero-order valence-electron chi connectivity index (χ0n) is 17.1. The Balaban J connectivity index is 1.58. The lowest BCUT2D eigenvalue weighted by Gasteiger charge is -2.19. The fourth-order valence-electron chi connectivity index (χ4n) is 3.40. The highest BCUT2D eigenvalue weighted by molar-refractivity contribution is 7.46. The van der Waals surface area contributed by atoms with E-state index in [0.29, 0.717) is 5.56 Å². The van der Waals surface area contributed by atoms with Gasteiger partial charge in [-0.1, -0.05) is 18.2 Å². The van der Waals surface area contributed by atoms with E-state index in [-0.39, 0.29) is 23.4 Å². The van der Waals surface area contributed by atoms with Crippen molar-refractivity contribution in [2.75, 3.05) is 11.9 Å². The number of carbonyl (C=O) groups excluding carboxylic acids is 1. The number of ether oxygens (including phenoxy) is 1. The summed E-state index contributed by atoms with van der Waals surface area (Å²) in [5.74, 6) is -0.294. The van der Waals surface area contributed by atoms with Crippen molar-refractivity contribution in [1.29, 1.82) is 0 Å². The lowest BCUT2D eigenvalue weighted by atomic mass is 10.2. The topological polar surface area (TPSA) is 215 Å². The molecule has 3 atom stereocenters. The van der Waals surface area contributed by atoms with Crippen LogP contribution < -0.4 is 5.32 Å². The SMILES string of the molecule is O=C(Nc1ncnc2c1ncn2C1CC(OP(=O)(O)O)C(COP(=O)(O)O)O1)c1ccccc1. The molecule has 4 rings (SSSR count). The predicted octanol–water partition coefficient (Wildman–Crippen LogP) is 0.953. The first-order valence-corrected chi connectivity index (χ1v) is 12.7. The van der Waals surface area contributed by atoms with Crippen LogP contribution in [0, 0.1) is 0 Å². The summed E-state index contributed by atoms with van der Waals surface area (Å²) in [6.07, 6.45) is -1.02. The van der Waals surface area contributed by atoms with E-state index in [0.717, 1.165) is 0 Å². The van der Waals surface area contributed by atoms with Crippen molar-refractivity contribution in [3.8, 4) is 0 Å². The molecule has 1 aliphatic rings. The quantitative estimate of drug-likeness (QED) is 0.265. The van der Waals surface area contributed by atoms with Gasteiger partial charge in [0.1, 0.15) is 24.8 Å². The molecule has 5 N–H and O–H groups in total. The van der Waals surface area contributed by atoms with Gasteiger partial charge in [-0.15, -0.1) is 0 Å². The highest BCUT2D eigenvalue weighted by Gasteiger charge is 2.42. The average Bonchev–Trinajstić information content (AvgIpc) is 3.35. The Kier molecular flexibility index (Phi) is 6.92. The number of nitrogens with one attached hydrogen (secondary N) is 1. The van der Waals surface area contributed by atoms with Crippen molar-refractivity contribution >= 4 is 38.5 Å². The van der Waals surface area contributed by atoms with Gasteiger partial charge < -0.3 is 29.6 Å². The summed E-state index contributed by atoms with van der Waals surface area (Å²) in [7, 11) is -9.82. The van der Waals surface area contributed by atoms with Crippen LogP contribution in [-0.4, -0.2) is 63.8 Å². The number of rotatable bonds is 8. The fourth-order valence-corrected chi connectivity index (χ4v) is 4.32. The Morgan fingerprint density at radius 3 is 2.53 bits per heavy atom. The summed E-state index contributed by atoms with van der Waals surface area (Å²) in [6, 6.07) is 8.43. The number of imidazole rings is 1. The van der Waals surface area contributed by atoms with Gasteiger partial charge in [-0.2, -0.15) is 0 Å². The van der Waals surface area contributed by atoms with Crippen LogP contribution in [0.15, 0.2) is 43.0 Å². The van der Waals surface area contributed by atoms with Gasteiger partial charge in [0.15, 0.2) is 17.0 Å². The smallest absolute Gasteiger partial charge is 0.349 e. The number of phosphoric acid groups is 2. The van der Waals surface area contributed by atoms with Crippen LogP contribution in [0.1, 0.15) is 23.0 Å². The van der Waals surface area contributed by atoms with E-state index in [1.54, 1.807) is 30.3 Å². The molecule has 0 bridgehead atoms. The largest absolute Gasteiger partial charge is 0.469 e. The highest BCUT2D eigenvalue weighted by atomic mass is 31.2. The zero-order chi connectivity index (χ0) is 24.5. The van der Waals surface area contributed by atoms with Gasteiger partial charge in [0, 0.05) is 12.0 Å². The molecule has 182 valence electrons. The maximum Gasteiger partial charge on any atom is 0.469 e. The van der Waals surface area contributed by atoms with Crippen molar-refractivity contribution in [2.24, 2.45) is 0 Å².